The maximum atomic E-state index is 11.5. The zero-order chi connectivity index (χ0) is 16.5. The Bertz CT molecular complexity index is 364. The highest BCUT2D eigenvalue weighted by Crippen LogP contribution is 2.05. The van der Waals surface area contributed by atoms with E-state index in [1.807, 2.05) is 30.3 Å². The fraction of sp³-hybridized carbons (Fsp3) is 0.562. The van der Waals surface area contributed by atoms with Gasteiger partial charge in [-0.25, -0.2) is 5.48 Å². The summed E-state index contributed by atoms with van der Waals surface area (Å²) in [5, 5.41) is 0. The van der Waals surface area contributed by atoms with E-state index in [4.69, 9.17) is 10.6 Å². The van der Waals surface area contributed by atoms with Crippen LogP contribution in [-0.4, -0.2) is 19.6 Å². The number of amides is 1. The van der Waals surface area contributed by atoms with Gasteiger partial charge < -0.3 is 5.73 Å². The highest BCUT2D eigenvalue weighted by molar-refractivity contribution is 6.07. The zero-order valence-corrected chi connectivity index (χ0v) is 14.0. The molecule has 0 heterocycles. The molecule has 0 unspecified atom stereocenters. The van der Waals surface area contributed by atoms with Gasteiger partial charge in [-0.05, 0) is 24.9 Å². The van der Waals surface area contributed by atoms with Gasteiger partial charge in [0.15, 0.2) is 0 Å². The molecular weight excluding hydrogens is 304 g/mol. The first kappa shape index (κ1) is 20.9. The molecule has 0 aliphatic heterocycles. The molecule has 0 spiro atoms. The number of rotatable bonds is 10. The monoisotopic (exact) mass is 330 g/mol. The normalized spacial score (nSPS) is 9.77. The Morgan fingerprint density at radius 3 is 2.36 bits per heavy atom. The van der Waals surface area contributed by atoms with Crippen molar-refractivity contribution in [1.82, 2.24) is 5.48 Å². The van der Waals surface area contributed by atoms with Crippen molar-refractivity contribution in [3.05, 3.63) is 35.9 Å². The van der Waals surface area contributed by atoms with Crippen LogP contribution in [0.25, 0.3) is 0 Å². The minimum Gasteiger partial charge on any atom is -0.330 e. The van der Waals surface area contributed by atoms with E-state index in [9.17, 15) is 4.79 Å². The molecule has 3 N–H and O–H groups in total. The Labute approximate surface area is 138 Å². The molecule has 1 rings (SSSR count). The first-order valence-corrected chi connectivity index (χ1v) is 7.84. The van der Waals surface area contributed by atoms with Gasteiger partial charge in [0.1, 0.15) is 0 Å². The number of benzene rings is 1. The fourth-order valence-corrected chi connectivity index (χ4v) is 1.79. The van der Waals surface area contributed by atoms with Crippen LogP contribution in [0.1, 0.15) is 44.1 Å². The van der Waals surface area contributed by atoms with E-state index >= 15 is 0 Å². The van der Waals surface area contributed by atoms with Crippen LogP contribution in [0.15, 0.2) is 30.3 Å². The smallest absolute Gasteiger partial charge is 0.243 e. The molecule has 126 valence electrons. The summed E-state index contributed by atoms with van der Waals surface area (Å²) >= 11 is 4.50. The molecule has 0 atom stereocenters. The van der Waals surface area contributed by atoms with Gasteiger partial charge in [-0.1, -0.05) is 49.6 Å². The second-order valence-corrected chi connectivity index (χ2v) is 5.07. The summed E-state index contributed by atoms with van der Waals surface area (Å²) in [5.74, 6) is -0.0465. The van der Waals surface area contributed by atoms with E-state index in [0.717, 1.165) is 44.2 Å². The number of unbranched alkanes of at least 4 members (excludes halogenated alkanes) is 4. The van der Waals surface area contributed by atoms with Gasteiger partial charge in [0, 0.05) is 6.42 Å². The van der Waals surface area contributed by atoms with Gasteiger partial charge in [-0.2, -0.15) is 0 Å². The molecule has 5 nitrogen and oxygen atoms in total. The molecule has 0 fully saturated rings. The Balaban J connectivity index is 0.00000135. The number of hydroxylamine groups is 1. The third-order valence-electron chi connectivity index (χ3n) is 2.88. The van der Waals surface area contributed by atoms with E-state index < -0.39 is 0 Å². The molecule has 0 radical (unpaired) electrons. The lowest BCUT2D eigenvalue weighted by molar-refractivity contribution is -0.134. The van der Waals surface area contributed by atoms with Crippen molar-refractivity contribution < 1.29 is 13.9 Å². The first-order valence-electron chi connectivity index (χ1n) is 7.54. The van der Waals surface area contributed by atoms with E-state index in [0.29, 0.717) is 13.0 Å². The Morgan fingerprint density at radius 1 is 1.14 bits per heavy atom. The average Bonchev–Trinajstić information content (AvgIpc) is 2.52. The van der Waals surface area contributed by atoms with Crippen LogP contribution in [0, 0.1) is 0 Å². The number of nitrogens with one attached hydrogen (secondary N) is 1. The van der Waals surface area contributed by atoms with Crippen molar-refractivity contribution in [2.24, 2.45) is 5.73 Å². The molecular formula is C16H27ClN2O3. The van der Waals surface area contributed by atoms with Crippen molar-refractivity contribution in [1.29, 1.82) is 0 Å². The number of hydrogen-bond acceptors (Lipinski definition) is 4. The third kappa shape index (κ3) is 13.8. The van der Waals surface area contributed by atoms with Gasteiger partial charge >= 0.3 is 0 Å². The van der Waals surface area contributed by atoms with Gasteiger partial charge in [-0.3, -0.25) is 13.9 Å². The lowest BCUT2D eigenvalue weighted by atomic mass is 10.1. The lowest BCUT2D eigenvalue weighted by Gasteiger charge is -2.06. The summed E-state index contributed by atoms with van der Waals surface area (Å²) < 4.78 is 3.72. The predicted octanol–water partition coefficient (Wildman–Crippen LogP) is 3.32. The minimum absolute atomic E-state index is 0.0465. The summed E-state index contributed by atoms with van der Waals surface area (Å²) in [6, 6.07) is 9.77. The highest BCUT2D eigenvalue weighted by atomic mass is 35.5. The van der Waals surface area contributed by atoms with Crippen LogP contribution in [0.4, 0.5) is 0 Å². The van der Waals surface area contributed by atoms with Crippen molar-refractivity contribution in [3.8, 4) is 0 Å². The number of nitrogens with two attached hydrogens (primary N) is 1. The molecule has 0 saturated heterocycles. The van der Waals surface area contributed by atoms with Crippen LogP contribution in [0.2, 0.25) is 0 Å². The van der Waals surface area contributed by atoms with Crippen LogP contribution in [0.5, 0.6) is 0 Å². The van der Waals surface area contributed by atoms with E-state index in [1.54, 1.807) is 0 Å². The SMILES string of the molecule is COCl.NCCCCCCCC(=O)NOCc1ccccc1. The summed E-state index contributed by atoms with van der Waals surface area (Å²) in [5.41, 5.74) is 8.93. The number of carbonyl (C=O) groups excluding carboxylic acids is 1. The maximum absolute atomic E-state index is 11.5. The van der Waals surface area contributed by atoms with E-state index in [2.05, 4.69) is 21.6 Å². The van der Waals surface area contributed by atoms with Crippen LogP contribution in [-0.2, 0) is 20.5 Å². The highest BCUT2D eigenvalue weighted by Gasteiger charge is 2.01. The summed E-state index contributed by atoms with van der Waals surface area (Å²) in [6.45, 7) is 1.16. The molecule has 1 aromatic rings. The Hall–Kier alpha value is -1.14. The molecule has 22 heavy (non-hydrogen) atoms. The Kier molecular flexibility index (Phi) is 15.4. The second kappa shape index (κ2) is 16.2. The molecule has 0 saturated carbocycles. The molecule has 1 amide bonds. The van der Waals surface area contributed by atoms with Gasteiger partial charge in [0.25, 0.3) is 0 Å². The fourth-order valence-electron chi connectivity index (χ4n) is 1.79. The predicted molar refractivity (Wildman–Crippen MR) is 89.0 cm³/mol. The summed E-state index contributed by atoms with van der Waals surface area (Å²) in [6.07, 6.45) is 5.89. The van der Waals surface area contributed by atoms with Gasteiger partial charge in [-0.15, -0.1) is 0 Å². The minimum atomic E-state index is -0.0465. The second-order valence-electron chi connectivity index (χ2n) is 4.76. The zero-order valence-electron chi connectivity index (χ0n) is 13.2. The lowest BCUT2D eigenvalue weighted by Crippen LogP contribution is -2.23. The van der Waals surface area contributed by atoms with Gasteiger partial charge in [0.05, 0.1) is 25.6 Å². The first-order chi connectivity index (χ1) is 10.7. The van der Waals surface area contributed by atoms with Crippen LogP contribution < -0.4 is 11.2 Å². The van der Waals surface area contributed by atoms with Crippen molar-refractivity contribution in [3.63, 3.8) is 0 Å². The summed E-state index contributed by atoms with van der Waals surface area (Å²) in [7, 11) is 1.39. The standard InChI is InChI=1S/C15H24N2O2.CH3ClO/c16-12-8-3-1-2-7-11-15(18)17-19-13-14-9-5-4-6-10-14;1-3-2/h4-6,9-10H,1-3,7-8,11-13,16H2,(H,17,18);1H3. The van der Waals surface area contributed by atoms with Gasteiger partial charge in [0.2, 0.25) is 5.91 Å². The Morgan fingerprint density at radius 2 is 1.73 bits per heavy atom. The quantitative estimate of drug-likeness (QED) is 0.510. The van der Waals surface area contributed by atoms with Crippen molar-refractivity contribution in [2.45, 2.75) is 45.1 Å². The number of hydrogen-bond donors (Lipinski definition) is 2. The number of halogens is 1. The molecule has 1 aromatic carbocycles. The molecule has 0 bridgehead atoms. The van der Waals surface area contributed by atoms with E-state index in [-0.39, 0.29) is 5.91 Å². The molecule has 0 aliphatic carbocycles. The maximum Gasteiger partial charge on any atom is 0.243 e. The third-order valence-corrected chi connectivity index (χ3v) is 2.88. The molecule has 0 aromatic heterocycles. The van der Waals surface area contributed by atoms with Crippen LogP contribution in [0.3, 0.4) is 0 Å². The van der Waals surface area contributed by atoms with Crippen molar-refractivity contribution >= 4 is 17.8 Å². The van der Waals surface area contributed by atoms with Crippen molar-refractivity contribution in [2.75, 3.05) is 13.7 Å². The average molecular weight is 331 g/mol. The molecule has 6 heteroatoms. The molecule has 0 aliphatic rings. The topological polar surface area (TPSA) is 73.6 Å². The largest absolute Gasteiger partial charge is 0.330 e. The summed E-state index contributed by atoms with van der Waals surface area (Å²) in [4.78, 5) is 16.6. The van der Waals surface area contributed by atoms with Crippen LogP contribution >= 0.6 is 11.9 Å². The number of carbonyl (C=O) groups is 1. The van der Waals surface area contributed by atoms with E-state index in [1.165, 1.54) is 7.11 Å².